The quantitative estimate of drug-likeness (QED) is 0.201. The normalized spacial score (nSPS) is 29.4. The molecule has 0 radical (unpaired) electrons. The third-order valence-corrected chi connectivity index (χ3v) is 12.6. The van der Waals surface area contributed by atoms with Crippen LogP contribution in [-0.4, -0.2) is 93.7 Å². The fourth-order valence-corrected chi connectivity index (χ4v) is 9.73. The number of ether oxygens (including phenoxy) is 4. The summed E-state index contributed by atoms with van der Waals surface area (Å²) in [6.07, 6.45) is 13.4. The van der Waals surface area contributed by atoms with E-state index >= 15 is 4.79 Å². The van der Waals surface area contributed by atoms with Crippen LogP contribution in [0.4, 0.5) is 4.79 Å². The Morgan fingerprint density at radius 1 is 0.946 bits per heavy atom. The van der Waals surface area contributed by atoms with Gasteiger partial charge in [-0.2, -0.15) is 0 Å². The number of benzene rings is 1. The standard InChI is InChI=1S/C45H56N2O9/c1-10-53-41(52)47-22-20-46(21-23-47)40(51)28(6)15-19-44-39(50)29-24-32-36(49)34-35(48)30-16-18-43(9,17-11-12-26(2)3)54-37(30)31(14-13-27(4)5)38(34)55-45(32,44)33(25-29)42(7,8)56-44/h12-13,15-16,18,24,29,33,48H,10-11,14,17,19-23,25H2,1-9H3. The van der Waals surface area contributed by atoms with Gasteiger partial charge in [0.25, 0.3) is 0 Å². The molecule has 3 aliphatic carbocycles. The molecule has 1 spiro atoms. The summed E-state index contributed by atoms with van der Waals surface area (Å²) in [5, 5.41) is 12.0. The number of carbonyl (C=O) groups excluding carboxylic acids is 4. The molecular formula is C45H56N2O9. The average molecular weight is 769 g/mol. The zero-order chi connectivity index (χ0) is 40.5. The minimum Gasteiger partial charge on any atom is -0.506 e. The van der Waals surface area contributed by atoms with Gasteiger partial charge in [0, 0.05) is 61.1 Å². The molecular weight excluding hydrogens is 712 g/mol. The number of piperazine rings is 1. The molecule has 4 heterocycles. The van der Waals surface area contributed by atoms with Crippen LogP contribution in [0.3, 0.4) is 0 Å². The lowest BCUT2D eigenvalue weighted by Gasteiger charge is -2.56. The number of aromatic hydroxyl groups is 1. The Balaban J connectivity index is 1.30. The predicted octanol–water partition coefficient (Wildman–Crippen LogP) is 7.46. The molecule has 11 heteroatoms. The van der Waals surface area contributed by atoms with Crippen molar-refractivity contribution >= 4 is 29.6 Å². The molecule has 1 saturated carbocycles. The third-order valence-electron chi connectivity index (χ3n) is 12.6. The van der Waals surface area contributed by atoms with Gasteiger partial charge in [-0.3, -0.25) is 14.4 Å². The summed E-state index contributed by atoms with van der Waals surface area (Å²) < 4.78 is 26.2. The molecule has 300 valence electrons. The first-order chi connectivity index (χ1) is 26.4. The Hall–Kier alpha value is -4.64. The topological polar surface area (TPSA) is 132 Å². The van der Waals surface area contributed by atoms with E-state index in [-0.39, 0.29) is 53.5 Å². The molecule has 11 nitrogen and oxygen atoms in total. The number of ketones is 2. The van der Waals surface area contributed by atoms with Crippen LogP contribution in [0.25, 0.3) is 6.08 Å². The highest BCUT2D eigenvalue weighted by Crippen LogP contribution is 2.68. The van der Waals surface area contributed by atoms with Crippen LogP contribution in [0.1, 0.15) is 109 Å². The minimum absolute atomic E-state index is 0.00444. The number of rotatable bonds is 9. The molecule has 1 aromatic carbocycles. The van der Waals surface area contributed by atoms with Crippen LogP contribution in [0.15, 0.2) is 52.7 Å². The zero-order valence-corrected chi connectivity index (χ0v) is 34.3. The summed E-state index contributed by atoms with van der Waals surface area (Å²) in [6.45, 7) is 19.2. The van der Waals surface area contributed by atoms with Crippen LogP contribution in [0.2, 0.25) is 0 Å². The van der Waals surface area contributed by atoms with E-state index in [9.17, 15) is 19.5 Å². The van der Waals surface area contributed by atoms with Gasteiger partial charge in [-0.05, 0) is 100 Å². The van der Waals surface area contributed by atoms with Crippen molar-refractivity contribution in [2.45, 2.75) is 117 Å². The first-order valence-corrected chi connectivity index (χ1v) is 20.0. The Kier molecular flexibility index (Phi) is 9.95. The number of hydrogen-bond donors (Lipinski definition) is 1. The fourth-order valence-electron chi connectivity index (χ4n) is 9.73. The average Bonchev–Trinajstić information content (AvgIpc) is 3.30. The van der Waals surface area contributed by atoms with Crippen LogP contribution in [-0.2, 0) is 25.5 Å². The Bertz CT molecular complexity index is 2040. The number of amides is 2. The van der Waals surface area contributed by atoms with Crippen molar-refractivity contribution in [2.75, 3.05) is 32.8 Å². The number of Topliss-reactive ketones (excluding diaryl/α,β-unsaturated/α-hetero) is 2. The van der Waals surface area contributed by atoms with E-state index in [4.69, 9.17) is 18.9 Å². The number of fused-ring (bicyclic) bond motifs is 2. The van der Waals surface area contributed by atoms with Gasteiger partial charge in [-0.15, -0.1) is 0 Å². The van der Waals surface area contributed by atoms with Crippen molar-refractivity contribution in [3.05, 3.63) is 69.4 Å². The van der Waals surface area contributed by atoms with Crippen molar-refractivity contribution in [3.8, 4) is 17.2 Å². The van der Waals surface area contributed by atoms with E-state index in [0.29, 0.717) is 73.5 Å². The number of phenolic OH excluding ortho intramolecular Hbond substituents is 1. The Morgan fingerprint density at radius 3 is 2.29 bits per heavy atom. The van der Waals surface area contributed by atoms with Crippen molar-refractivity contribution < 1.29 is 43.2 Å². The Labute approximate surface area is 330 Å². The van der Waals surface area contributed by atoms with Crippen LogP contribution in [0.5, 0.6) is 17.2 Å². The summed E-state index contributed by atoms with van der Waals surface area (Å²) in [5.74, 6) is -1.30. The lowest BCUT2D eigenvalue weighted by atomic mass is 9.51. The molecule has 3 fully saturated rings. The SMILES string of the molecule is CCOC(=O)N1CCN(C(=O)C(C)=CCC23OC(C)(C)C4CC(C=C5C(=O)c6c(O)c7c(c(CC=C(C)C)c6OC542)OC(C)(CCC=C(C)C)C=C7)C3=O)CC1. The van der Waals surface area contributed by atoms with Gasteiger partial charge < -0.3 is 33.9 Å². The van der Waals surface area contributed by atoms with Crippen molar-refractivity contribution in [1.82, 2.24) is 9.80 Å². The van der Waals surface area contributed by atoms with Crippen molar-refractivity contribution in [2.24, 2.45) is 11.8 Å². The molecule has 0 aromatic heterocycles. The van der Waals surface area contributed by atoms with Gasteiger partial charge in [0.1, 0.15) is 28.4 Å². The molecule has 1 N–H and O–H groups in total. The van der Waals surface area contributed by atoms with Crippen LogP contribution >= 0.6 is 0 Å². The summed E-state index contributed by atoms with van der Waals surface area (Å²) in [6, 6.07) is 0. The number of allylic oxidation sites excluding steroid dienone is 5. The lowest BCUT2D eigenvalue weighted by Crippen LogP contribution is -2.72. The van der Waals surface area contributed by atoms with E-state index in [2.05, 4.69) is 19.9 Å². The molecule has 8 rings (SSSR count). The molecule has 7 aliphatic rings. The van der Waals surface area contributed by atoms with Crippen molar-refractivity contribution in [1.29, 1.82) is 0 Å². The summed E-state index contributed by atoms with van der Waals surface area (Å²) in [4.78, 5) is 59.1. The first-order valence-electron chi connectivity index (χ1n) is 20.0. The molecule has 5 atom stereocenters. The first kappa shape index (κ1) is 39.6. The van der Waals surface area contributed by atoms with E-state index in [0.717, 1.165) is 12.0 Å². The van der Waals surface area contributed by atoms with Gasteiger partial charge in [0.05, 0.1) is 17.8 Å². The molecule has 4 aliphatic heterocycles. The lowest BCUT2D eigenvalue weighted by molar-refractivity contribution is -0.171. The predicted molar refractivity (Wildman–Crippen MR) is 212 cm³/mol. The molecule has 56 heavy (non-hydrogen) atoms. The maximum Gasteiger partial charge on any atom is 0.409 e. The van der Waals surface area contributed by atoms with Gasteiger partial charge in [0.15, 0.2) is 22.8 Å². The summed E-state index contributed by atoms with van der Waals surface area (Å²) >= 11 is 0. The van der Waals surface area contributed by atoms with E-state index < -0.39 is 34.4 Å². The van der Waals surface area contributed by atoms with Gasteiger partial charge in [-0.1, -0.05) is 35.5 Å². The highest BCUT2D eigenvalue weighted by Gasteiger charge is 2.81. The van der Waals surface area contributed by atoms with Gasteiger partial charge >= 0.3 is 6.09 Å². The second kappa shape index (κ2) is 14.1. The maximum atomic E-state index is 15.0. The van der Waals surface area contributed by atoms with Crippen molar-refractivity contribution in [3.63, 3.8) is 0 Å². The summed E-state index contributed by atoms with van der Waals surface area (Å²) in [5.41, 5.74) is -0.562. The molecule has 2 amide bonds. The second-order valence-corrected chi connectivity index (χ2v) is 17.4. The highest BCUT2D eigenvalue weighted by molar-refractivity contribution is 6.19. The zero-order valence-electron chi connectivity index (χ0n) is 34.3. The highest BCUT2D eigenvalue weighted by atomic mass is 16.6. The third kappa shape index (κ3) is 6.12. The summed E-state index contributed by atoms with van der Waals surface area (Å²) in [7, 11) is 0. The number of nitrogens with zero attached hydrogens (tertiary/aromatic N) is 2. The monoisotopic (exact) mass is 768 g/mol. The van der Waals surface area contributed by atoms with E-state index in [1.165, 1.54) is 5.57 Å². The van der Waals surface area contributed by atoms with E-state index in [1.54, 1.807) is 35.8 Å². The number of hydrogen-bond acceptors (Lipinski definition) is 9. The maximum absolute atomic E-state index is 15.0. The van der Waals surface area contributed by atoms with E-state index in [1.807, 2.05) is 52.8 Å². The Morgan fingerprint density at radius 2 is 1.62 bits per heavy atom. The van der Waals surface area contributed by atoms with Crippen LogP contribution < -0.4 is 9.47 Å². The van der Waals surface area contributed by atoms with Gasteiger partial charge in [-0.25, -0.2) is 4.79 Å². The number of phenols is 1. The second-order valence-electron chi connectivity index (χ2n) is 17.4. The molecule has 5 unspecified atom stereocenters. The minimum atomic E-state index is -1.62. The number of carbonyl (C=O) groups is 4. The van der Waals surface area contributed by atoms with Gasteiger partial charge in [0.2, 0.25) is 5.91 Å². The molecule has 1 aromatic rings. The smallest absolute Gasteiger partial charge is 0.409 e. The fraction of sp³-hybridized carbons (Fsp3) is 0.556. The molecule has 4 bridgehead atoms. The van der Waals surface area contributed by atoms with Crippen LogP contribution in [0, 0.1) is 11.8 Å². The molecule has 2 saturated heterocycles. The largest absolute Gasteiger partial charge is 0.506 e.